The van der Waals surface area contributed by atoms with Crippen molar-refractivity contribution in [1.82, 2.24) is 5.32 Å². The molecule has 0 bridgehead atoms. The number of amides is 2. The number of nitrogens with zero attached hydrogens (tertiary/aromatic N) is 2. The molecular weight excluding hydrogens is 497 g/mol. The molecule has 1 unspecified atom stereocenters. The highest BCUT2D eigenvalue weighted by Gasteiger charge is 2.40. The van der Waals surface area contributed by atoms with Crippen LogP contribution in [0.1, 0.15) is 5.56 Å². The predicted molar refractivity (Wildman–Crippen MR) is 120 cm³/mol. The Bertz CT molecular complexity index is 1050. The molecule has 0 saturated carbocycles. The largest absolute Gasteiger partial charge is 0.354 e. The zero-order valence-corrected chi connectivity index (χ0v) is 19.0. The fourth-order valence-corrected chi connectivity index (χ4v) is 4.87. The van der Waals surface area contributed by atoms with Gasteiger partial charge in [-0.1, -0.05) is 57.0 Å². The van der Waals surface area contributed by atoms with E-state index >= 15 is 0 Å². The van der Waals surface area contributed by atoms with E-state index < -0.39 is 11.2 Å². The van der Waals surface area contributed by atoms with Crippen LogP contribution in [-0.2, 0) is 16.0 Å². The Morgan fingerprint density at radius 1 is 1.28 bits per heavy atom. The number of thioether (sulfide) groups is 1. The van der Waals surface area contributed by atoms with E-state index in [1.54, 1.807) is 42.5 Å². The third kappa shape index (κ3) is 4.62. The summed E-state index contributed by atoms with van der Waals surface area (Å²) in [7, 11) is 1.44. The molecule has 1 aliphatic rings. The first-order chi connectivity index (χ1) is 13.8. The molecule has 1 fully saturated rings. The number of carbonyl (C=O) groups excluding carboxylic acids is 2. The van der Waals surface area contributed by atoms with Gasteiger partial charge in [0.05, 0.1) is 5.25 Å². The van der Waals surface area contributed by atoms with Crippen LogP contribution in [0.3, 0.4) is 0 Å². The standard InChI is InChI=1S/C20H14BrCl2N3O2S/c1-25-18(27)15(10-24)20-26(14-6-3-12(21)4-7-14)19(28)17(29-20)8-11-2-5-13(22)9-16(11)23/h2-7,9,17H,8H2,1H3,(H,25,27)/b20-15-. The zero-order valence-electron chi connectivity index (χ0n) is 15.1. The second-order valence-electron chi connectivity index (χ2n) is 6.07. The highest BCUT2D eigenvalue weighted by atomic mass is 79.9. The fourth-order valence-electron chi connectivity index (χ4n) is 2.82. The van der Waals surface area contributed by atoms with Crippen molar-refractivity contribution in [2.75, 3.05) is 11.9 Å². The molecule has 0 aromatic heterocycles. The van der Waals surface area contributed by atoms with Gasteiger partial charge >= 0.3 is 0 Å². The van der Waals surface area contributed by atoms with Crippen LogP contribution >= 0.6 is 50.9 Å². The summed E-state index contributed by atoms with van der Waals surface area (Å²) < 4.78 is 0.849. The molecule has 1 atom stereocenters. The molecule has 2 aromatic carbocycles. The maximum Gasteiger partial charge on any atom is 0.264 e. The van der Waals surface area contributed by atoms with Gasteiger partial charge < -0.3 is 5.32 Å². The normalized spacial score (nSPS) is 17.8. The molecule has 1 N–H and O–H groups in total. The third-order valence-corrected chi connectivity index (χ3v) is 6.62. The monoisotopic (exact) mass is 509 g/mol. The molecule has 5 nitrogen and oxygen atoms in total. The van der Waals surface area contributed by atoms with E-state index in [4.69, 9.17) is 23.2 Å². The highest BCUT2D eigenvalue weighted by Crippen LogP contribution is 2.42. The molecule has 2 aromatic rings. The second kappa shape index (κ2) is 9.23. The van der Waals surface area contributed by atoms with Crippen molar-refractivity contribution >= 4 is 68.4 Å². The third-order valence-electron chi connectivity index (χ3n) is 4.24. The molecule has 148 valence electrons. The van der Waals surface area contributed by atoms with Gasteiger partial charge in [0, 0.05) is 27.3 Å². The van der Waals surface area contributed by atoms with Gasteiger partial charge in [0.2, 0.25) is 5.91 Å². The summed E-state index contributed by atoms with van der Waals surface area (Å²) in [6, 6.07) is 14.1. The minimum absolute atomic E-state index is 0.113. The van der Waals surface area contributed by atoms with E-state index in [9.17, 15) is 14.9 Å². The van der Waals surface area contributed by atoms with E-state index in [0.717, 1.165) is 10.0 Å². The lowest BCUT2D eigenvalue weighted by atomic mass is 10.1. The predicted octanol–water partition coefficient (Wildman–Crippen LogP) is 4.93. The molecule has 2 amide bonds. The van der Waals surface area contributed by atoms with Gasteiger partial charge in [-0.05, 0) is 48.4 Å². The molecule has 1 aliphatic heterocycles. The van der Waals surface area contributed by atoms with Crippen molar-refractivity contribution in [3.63, 3.8) is 0 Å². The van der Waals surface area contributed by atoms with Crippen LogP contribution in [0.4, 0.5) is 5.69 Å². The van der Waals surface area contributed by atoms with E-state index in [1.165, 1.54) is 23.7 Å². The van der Waals surface area contributed by atoms with Crippen LogP contribution in [0, 0.1) is 11.3 Å². The number of nitrogens with one attached hydrogen (secondary N) is 1. The van der Waals surface area contributed by atoms with Crippen molar-refractivity contribution in [3.05, 3.63) is 73.1 Å². The van der Waals surface area contributed by atoms with Crippen molar-refractivity contribution in [2.45, 2.75) is 11.7 Å². The van der Waals surface area contributed by atoms with Crippen LogP contribution < -0.4 is 10.2 Å². The average Bonchev–Trinajstić information content (AvgIpc) is 3.01. The minimum Gasteiger partial charge on any atom is -0.354 e. The molecule has 0 spiro atoms. The quantitative estimate of drug-likeness (QED) is 0.467. The summed E-state index contributed by atoms with van der Waals surface area (Å²) in [5.41, 5.74) is 1.22. The van der Waals surface area contributed by atoms with E-state index in [0.29, 0.717) is 27.2 Å². The zero-order chi connectivity index (χ0) is 21.1. The summed E-state index contributed by atoms with van der Waals surface area (Å²) in [4.78, 5) is 26.9. The smallest absolute Gasteiger partial charge is 0.264 e. The Morgan fingerprint density at radius 2 is 1.97 bits per heavy atom. The van der Waals surface area contributed by atoms with E-state index in [-0.39, 0.29) is 11.5 Å². The SMILES string of the molecule is CNC(=O)/C(C#N)=C1\SC(Cc2ccc(Cl)cc2Cl)C(=O)N1c1ccc(Br)cc1. The number of hydrogen-bond donors (Lipinski definition) is 1. The van der Waals surface area contributed by atoms with Crippen LogP contribution in [-0.4, -0.2) is 24.1 Å². The van der Waals surface area contributed by atoms with Gasteiger partial charge in [-0.3, -0.25) is 14.5 Å². The number of benzene rings is 2. The van der Waals surface area contributed by atoms with Gasteiger partial charge in [-0.2, -0.15) is 5.26 Å². The first kappa shape index (κ1) is 21.7. The average molecular weight is 511 g/mol. The maximum atomic E-state index is 13.3. The van der Waals surface area contributed by atoms with Crippen LogP contribution in [0.5, 0.6) is 0 Å². The number of carbonyl (C=O) groups is 2. The van der Waals surface area contributed by atoms with Crippen molar-refractivity contribution < 1.29 is 9.59 Å². The number of rotatable bonds is 4. The lowest BCUT2D eigenvalue weighted by Gasteiger charge is -2.18. The summed E-state index contributed by atoms with van der Waals surface area (Å²) in [5.74, 6) is -0.773. The van der Waals surface area contributed by atoms with Gasteiger partial charge in [0.1, 0.15) is 16.7 Å². The molecule has 1 saturated heterocycles. The van der Waals surface area contributed by atoms with Crippen molar-refractivity contribution in [3.8, 4) is 6.07 Å². The Kier molecular flexibility index (Phi) is 6.91. The summed E-state index contributed by atoms with van der Waals surface area (Å²) in [6.07, 6.45) is 0.336. The topological polar surface area (TPSA) is 73.2 Å². The van der Waals surface area contributed by atoms with Crippen LogP contribution in [0.2, 0.25) is 10.0 Å². The van der Waals surface area contributed by atoms with E-state index in [1.807, 2.05) is 6.07 Å². The minimum atomic E-state index is -0.546. The first-order valence-corrected chi connectivity index (χ1v) is 10.8. The Hall–Kier alpha value is -1.98. The molecule has 0 aliphatic carbocycles. The molecule has 0 radical (unpaired) electrons. The summed E-state index contributed by atoms with van der Waals surface area (Å²) in [5, 5.41) is 12.8. The Balaban J connectivity index is 2.05. The van der Waals surface area contributed by atoms with Gasteiger partial charge in [0.15, 0.2) is 0 Å². The van der Waals surface area contributed by atoms with Gasteiger partial charge in [-0.25, -0.2) is 0 Å². The lowest BCUT2D eigenvalue weighted by Crippen LogP contribution is -2.31. The van der Waals surface area contributed by atoms with Gasteiger partial charge in [-0.15, -0.1) is 0 Å². The number of nitriles is 1. The lowest BCUT2D eigenvalue weighted by molar-refractivity contribution is -0.117. The number of hydrogen-bond acceptors (Lipinski definition) is 4. The molecule has 29 heavy (non-hydrogen) atoms. The highest BCUT2D eigenvalue weighted by molar-refractivity contribution is 9.10. The first-order valence-electron chi connectivity index (χ1n) is 8.42. The molecule has 1 heterocycles. The fraction of sp³-hybridized carbons (Fsp3) is 0.150. The van der Waals surface area contributed by atoms with Gasteiger partial charge in [0.25, 0.3) is 5.91 Å². The number of anilines is 1. The van der Waals surface area contributed by atoms with Crippen LogP contribution in [0.25, 0.3) is 0 Å². The van der Waals surface area contributed by atoms with Crippen LogP contribution in [0.15, 0.2) is 57.5 Å². The van der Waals surface area contributed by atoms with E-state index in [2.05, 4.69) is 21.2 Å². The number of likely N-dealkylation sites (N-methyl/N-ethyl adjacent to an activating group) is 1. The molecular formula is C20H14BrCl2N3O2S. The molecule has 3 rings (SSSR count). The van der Waals surface area contributed by atoms with Crippen molar-refractivity contribution in [1.29, 1.82) is 5.26 Å². The maximum absolute atomic E-state index is 13.3. The summed E-state index contributed by atoms with van der Waals surface area (Å²) >= 11 is 16.8. The number of halogens is 3. The second-order valence-corrected chi connectivity index (χ2v) is 9.02. The Morgan fingerprint density at radius 3 is 2.55 bits per heavy atom. The summed E-state index contributed by atoms with van der Waals surface area (Å²) in [6.45, 7) is 0. The molecule has 9 heteroatoms. The Labute approximate surface area is 190 Å². The van der Waals surface area contributed by atoms with Crippen molar-refractivity contribution in [2.24, 2.45) is 0 Å².